The number of ether oxygens (including phenoxy) is 3. The lowest BCUT2D eigenvalue weighted by atomic mass is 9.98. The summed E-state index contributed by atoms with van der Waals surface area (Å²) in [6, 6.07) is 15.5. The van der Waals surface area contributed by atoms with Gasteiger partial charge in [0.25, 0.3) is 0 Å². The fourth-order valence-electron chi connectivity index (χ4n) is 3.81. The maximum Gasteiger partial charge on any atom is 0.239 e. The van der Waals surface area contributed by atoms with E-state index in [1.165, 1.54) is 12.1 Å². The van der Waals surface area contributed by atoms with Gasteiger partial charge in [-0.3, -0.25) is 4.79 Å². The van der Waals surface area contributed by atoms with Crippen LogP contribution in [0.25, 0.3) is 5.57 Å². The highest BCUT2D eigenvalue weighted by molar-refractivity contribution is 7.93. The SMILES string of the molecule is COc1ccc(/C(C#N)=C/CCCOc2ccc(S(=O)(=O)C3(C(N)=O)CCOCC3)cc2)cc1. The lowest BCUT2D eigenvalue weighted by molar-refractivity contribution is -0.122. The van der Waals surface area contributed by atoms with Crippen LogP contribution in [0.1, 0.15) is 31.2 Å². The molecule has 1 aliphatic rings. The minimum Gasteiger partial charge on any atom is -0.497 e. The monoisotopic (exact) mass is 484 g/mol. The molecule has 2 N–H and O–H groups in total. The van der Waals surface area contributed by atoms with Gasteiger partial charge in [-0.1, -0.05) is 6.08 Å². The highest BCUT2D eigenvalue weighted by Crippen LogP contribution is 2.35. The third-order valence-corrected chi connectivity index (χ3v) is 8.42. The van der Waals surface area contributed by atoms with Gasteiger partial charge in [-0.2, -0.15) is 5.26 Å². The standard InChI is InChI=1S/C25H28N2O6S/c1-31-21-7-5-19(6-8-21)20(18-26)4-2-3-15-33-22-9-11-23(12-10-22)34(29,30)25(24(27)28)13-16-32-17-14-25/h4-12H,2-3,13-17H2,1H3,(H2,27,28)/b20-4+. The molecule has 1 aliphatic heterocycles. The van der Waals surface area contributed by atoms with Crippen molar-refractivity contribution in [3.05, 3.63) is 60.2 Å². The fourth-order valence-corrected chi connectivity index (χ4v) is 5.72. The van der Waals surface area contributed by atoms with Crippen molar-refractivity contribution in [2.45, 2.75) is 35.3 Å². The zero-order chi connectivity index (χ0) is 24.6. The number of unbranched alkanes of at least 4 members (excludes halogenated alkanes) is 1. The van der Waals surface area contributed by atoms with Gasteiger partial charge in [0, 0.05) is 13.2 Å². The summed E-state index contributed by atoms with van der Waals surface area (Å²) in [6.45, 7) is 0.736. The molecule has 0 aliphatic carbocycles. The number of methoxy groups -OCH3 is 1. The fraction of sp³-hybridized carbons (Fsp3) is 0.360. The van der Waals surface area contributed by atoms with Crippen LogP contribution in [0.5, 0.6) is 11.5 Å². The molecule has 0 bridgehead atoms. The molecule has 1 fully saturated rings. The minimum atomic E-state index is -3.97. The summed E-state index contributed by atoms with van der Waals surface area (Å²) in [5.74, 6) is 0.389. The average Bonchev–Trinajstić information content (AvgIpc) is 2.87. The van der Waals surface area contributed by atoms with E-state index in [2.05, 4.69) is 6.07 Å². The number of amides is 1. The van der Waals surface area contributed by atoms with Gasteiger partial charge in [0.1, 0.15) is 11.5 Å². The predicted molar refractivity (Wildman–Crippen MR) is 127 cm³/mol. The topological polar surface area (TPSA) is 129 Å². The average molecular weight is 485 g/mol. The number of carbonyl (C=O) groups is 1. The van der Waals surface area contributed by atoms with Gasteiger partial charge in [-0.05, 0) is 79.8 Å². The Hall–Kier alpha value is -3.35. The van der Waals surface area contributed by atoms with E-state index in [1.54, 1.807) is 31.4 Å². The van der Waals surface area contributed by atoms with Gasteiger partial charge in [0.05, 0.1) is 30.3 Å². The molecule has 0 radical (unpaired) electrons. The van der Waals surface area contributed by atoms with Gasteiger partial charge < -0.3 is 19.9 Å². The lowest BCUT2D eigenvalue weighted by Crippen LogP contribution is -2.53. The Balaban J connectivity index is 1.57. The number of carbonyl (C=O) groups excluding carboxylic acids is 1. The number of hydrogen-bond donors (Lipinski definition) is 1. The van der Waals surface area contributed by atoms with Crippen molar-refractivity contribution < 1.29 is 27.4 Å². The molecular weight excluding hydrogens is 456 g/mol. The Morgan fingerprint density at radius 3 is 2.29 bits per heavy atom. The second-order valence-electron chi connectivity index (χ2n) is 7.89. The van der Waals surface area contributed by atoms with Gasteiger partial charge >= 0.3 is 0 Å². The maximum absolute atomic E-state index is 13.2. The van der Waals surface area contributed by atoms with Crippen molar-refractivity contribution in [1.82, 2.24) is 0 Å². The summed E-state index contributed by atoms with van der Waals surface area (Å²) < 4.78 is 40.8. The van der Waals surface area contributed by atoms with Gasteiger partial charge in [-0.25, -0.2) is 8.42 Å². The van der Waals surface area contributed by atoms with Crippen LogP contribution in [0.3, 0.4) is 0 Å². The van der Waals surface area contributed by atoms with E-state index in [1.807, 2.05) is 18.2 Å². The molecule has 1 heterocycles. The first-order valence-corrected chi connectivity index (χ1v) is 12.4. The Morgan fingerprint density at radius 2 is 1.74 bits per heavy atom. The molecular formula is C25H28N2O6S. The van der Waals surface area contributed by atoms with Gasteiger partial charge in [0.15, 0.2) is 14.6 Å². The normalized spacial score (nSPS) is 15.8. The first-order valence-electron chi connectivity index (χ1n) is 10.9. The third kappa shape index (κ3) is 5.41. The minimum absolute atomic E-state index is 0.0293. The molecule has 8 nitrogen and oxygen atoms in total. The maximum atomic E-state index is 13.2. The van der Waals surface area contributed by atoms with E-state index in [9.17, 15) is 18.5 Å². The molecule has 0 aromatic heterocycles. The van der Waals surface area contributed by atoms with Crippen molar-refractivity contribution >= 4 is 21.3 Å². The molecule has 1 saturated heterocycles. The molecule has 0 unspecified atom stereocenters. The molecule has 0 saturated carbocycles. The van der Waals surface area contributed by atoms with Gasteiger partial charge in [0.2, 0.25) is 5.91 Å². The summed E-state index contributed by atoms with van der Waals surface area (Å²) in [5.41, 5.74) is 6.90. The van der Waals surface area contributed by atoms with E-state index in [-0.39, 0.29) is 31.0 Å². The molecule has 9 heteroatoms. The van der Waals surface area contributed by atoms with Crippen LogP contribution >= 0.6 is 0 Å². The van der Waals surface area contributed by atoms with Crippen molar-refractivity contribution in [1.29, 1.82) is 5.26 Å². The van der Waals surface area contributed by atoms with Crippen LogP contribution < -0.4 is 15.2 Å². The number of nitriles is 1. The van der Waals surface area contributed by atoms with Crippen LogP contribution in [0.4, 0.5) is 0 Å². The first kappa shape index (κ1) is 25.3. The molecule has 180 valence electrons. The molecule has 3 rings (SSSR count). The Labute approximate surface area is 199 Å². The quantitative estimate of drug-likeness (QED) is 0.405. The number of nitrogens with two attached hydrogens (primary N) is 1. The van der Waals surface area contributed by atoms with Crippen molar-refractivity contribution in [3.63, 3.8) is 0 Å². The van der Waals surface area contributed by atoms with E-state index in [4.69, 9.17) is 19.9 Å². The Kier molecular flexibility index (Phi) is 8.31. The smallest absolute Gasteiger partial charge is 0.239 e. The third-order valence-electron chi connectivity index (χ3n) is 5.89. The van der Waals surface area contributed by atoms with Crippen molar-refractivity contribution in [2.24, 2.45) is 5.73 Å². The summed E-state index contributed by atoms with van der Waals surface area (Å²) in [6.07, 6.45) is 3.25. The van der Waals surface area contributed by atoms with Crippen LogP contribution in [-0.4, -0.2) is 46.0 Å². The summed E-state index contributed by atoms with van der Waals surface area (Å²) in [4.78, 5) is 12.1. The number of nitrogens with zero attached hydrogens (tertiary/aromatic N) is 1. The summed E-state index contributed by atoms with van der Waals surface area (Å²) in [7, 11) is -2.38. The summed E-state index contributed by atoms with van der Waals surface area (Å²) >= 11 is 0. The predicted octanol–water partition coefficient (Wildman–Crippen LogP) is 3.27. The first-order chi connectivity index (χ1) is 16.3. The highest BCUT2D eigenvalue weighted by Gasteiger charge is 2.51. The zero-order valence-corrected chi connectivity index (χ0v) is 19.8. The molecule has 0 atom stereocenters. The molecule has 2 aromatic carbocycles. The zero-order valence-electron chi connectivity index (χ0n) is 19.0. The number of benzene rings is 2. The van der Waals surface area contributed by atoms with E-state index < -0.39 is 20.5 Å². The van der Waals surface area contributed by atoms with Crippen molar-refractivity contribution in [3.8, 4) is 17.6 Å². The largest absolute Gasteiger partial charge is 0.497 e. The molecule has 1 amide bonds. The van der Waals surface area contributed by atoms with E-state index in [0.717, 1.165) is 11.3 Å². The second kappa shape index (κ2) is 11.2. The molecule has 34 heavy (non-hydrogen) atoms. The second-order valence-corrected chi connectivity index (χ2v) is 10.2. The number of allylic oxidation sites excluding steroid dienone is 2. The van der Waals surface area contributed by atoms with E-state index in [0.29, 0.717) is 30.8 Å². The van der Waals surface area contributed by atoms with Crippen LogP contribution in [-0.2, 0) is 19.4 Å². The number of hydrogen-bond acceptors (Lipinski definition) is 7. The summed E-state index contributed by atoms with van der Waals surface area (Å²) in [5, 5.41) is 9.41. The molecule has 2 aromatic rings. The van der Waals surface area contributed by atoms with Crippen LogP contribution in [0.2, 0.25) is 0 Å². The van der Waals surface area contributed by atoms with E-state index >= 15 is 0 Å². The Bertz CT molecular complexity index is 1160. The number of rotatable bonds is 10. The lowest BCUT2D eigenvalue weighted by Gasteiger charge is -2.33. The van der Waals surface area contributed by atoms with Gasteiger partial charge in [-0.15, -0.1) is 0 Å². The highest BCUT2D eigenvalue weighted by atomic mass is 32.2. The number of primary amides is 1. The number of sulfone groups is 1. The van der Waals surface area contributed by atoms with Crippen LogP contribution in [0.15, 0.2) is 59.5 Å². The van der Waals surface area contributed by atoms with Crippen molar-refractivity contribution in [2.75, 3.05) is 26.9 Å². The van der Waals surface area contributed by atoms with Crippen LogP contribution in [0, 0.1) is 11.3 Å². The Morgan fingerprint density at radius 1 is 1.12 bits per heavy atom. The molecule has 0 spiro atoms.